The molecule has 258 valence electrons. The number of halogens is 8. The molecule has 1 aliphatic carbocycles. The number of nitrogens with zero attached hydrogens (tertiary/aromatic N) is 7. The van der Waals surface area contributed by atoms with E-state index in [2.05, 4.69) is 20.2 Å². The normalized spacial score (nSPS) is 17.8. The summed E-state index contributed by atoms with van der Waals surface area (Å²) in [7, 11) is 0. The lowest BCUT2D eigenvalue weighted by Crippen LogP contribution is -2.49. The number of benzene rings is 2. The molecule has 2 atom stereocenters. The lowest BCUT2D eigenvalue weighted by molar-refractivity contribution is -0.164. The van der Waals surface area contributed by atoms with Crippen LogP contribution in [0.2, 0.25) is 0 Å². The Balaban J connectivity index is 1.28. The minimum absolute atomic E-state index is 0.0942. The molecule has 2 aliphatic rings. The number of alkyl halides is 7. The van der Waals surface area contributed by atoms with E-state index in [1.54, 1.807) is 5.32 Å². The lowest BCUT2D eigenvalue weighted by atomic mass is 10.0. The van der Waals surface area contributed by atoms with Crippen molar-refractivity contribution in [3.8, 4) is 16.8 Å². The first kappa shape index (κ1) is 33.3. The van der Waals surface area contributed by atoms with Crippen LogP contribution in [0.4, 0.5) is 39.9 Å². The van der Waals surface area contributed by atoms with Crippen LogP contribution in [0, 0.1) is 5.82 Å². The first-order chi connectivity index (χ1) is 23.2. The lowest BCUT2D eigenvalue weighted by Gasteiger charge is -2.29. The van der Waals surface area contributed by atoms with Gasteiger partial charge in [0.1, 0.15) is 30.0 Å². The van der Waals surface area contributed by atoms with Crippen molar-refractivity contribution in [3.63, 3.8) is 0 Å². The Bertz CT molecular complexity index is 1900. The molecule has 49 heavy (non-hydrogen) atoms. The van der Waals surface area contributed by atoms with Crippen LogP contribution in [0.1, 0.15) is 54.9 Å². The molecule has 1 unspecified atom stereocenters. The molecular formula is C29H23F8N9O3. The Morgan fingerprint density at radius 2 is 1.78 bits per heavy atom. The van der Waals surface area contributed by atoms with Crippen LogP contribution < -0.4 is 11.1 Å². The number of ether oxygens (including phenoxy) is 1. The summed E-state index contributed by atoms with van der Waals surface area (Å²) in [4.78, 5) is 34.7. The summed E-state index contributed by atoms with van der Waals surface area (Å²) in [5.41, 5.74) is 4.27. The molecule has 4 aromatic rings. The highest BCUT2D eigenvalue weighted by Crippen LogP contribution is 2.49. The minimum atomic E-state index is -4.75. The zero-order valence-electron chi connectivity index (χ0n) is 24.7. The predicted octanol–water partition coefficient (Wildman–Crippen LogP) is 5.36. The first-order valence-corrected chi connectivity index (χ1v) is 14.3. The number of hydrogen-bond donors (Lipinski definition) is 2. The monoisotopic (exact) mass is 697 g/mol. The summed E-state index contributed by atoms with van der Waals surface area (Å²) in [6.07, 6.45) is -6.92. The summed E-state index contributed by atoms with van der Waals surface area (Å²) in [6, 6.07) is 6.35. The van der Waals surface area contributed by atoms with E-state index >= 15 is 4.39 Å². The Kier molecular flexibility index (Phi) is 8.49. The largest absolute Gasteiger partial charge is 0.447 e. The first-order valence-electron chi connectivity index (χ1n) is 14.3. The van der Waals surface area contributed by atoms with Crippen LogP contribution in [0.25, 0.3) is 16.8 Å². The van der Waals surface area contributed by atoms with Gasteiger partial charge in [-0.3, -0.25) is 9.69 Å². The predicted molar refractivity (Wildman–Crippen MR) is 152 cm³/mol. The number of nitrogens with one attached hydrogen (secondary N) is 1. The summed E-state index contributed by atoms with van der Waals surface area (Å²) < 4.78 is 114. The van der Waals surface area contributed by atoms with Gasteiger partial charge in [-0.2, -0.15) is 32.1 Å². The van der Waals surface area contributed by atoms with Gasteiger partial charge in [0.15, 0.2) is 17.8 Å². The minimum Gasteiger partial charge on any atom is -0.447 e. The van der Waals surface area contributed by atoms with Crippen LogP contribution in [-0.4, -0.2) is 65.7 Å². The third kappa shape index (κ3) is 6.36. The molecule has 12 nitrogen and oxygen atoms in total. The molecule has 1 saturated carbocycles. The van der Waals surface area contributed by atoms with Crippen molar-refractivity contribution in [2.75, 3.05) is 6.61 Å². The van der Waals surface area contributed by atoms with Crippen LogP contribution >= 0.6 is 0 Å². The summed E-state index contributed by atoms with van der Waals surface area (Å²) in [6.45, 7) is -3.68. The second-order valence-electron chi connectivity index (χ2n) is 11.1. The van der Waals surface area contributed by atoms with Crippen molar-refractivity contribution in [1.82, 2.24) is 34.8 Å². The van der Waals surface area contributed by atoms with Crippen molar-refractivity contribution in [3.05, 3.63) is 84.0 Å². The molecule has 3 heterocycles. The number of carbonyl (C=O) groups excluding carboxylic acids is 2. The van der Waals surface area contributed by atoms with E-state index in [0.717, 1.165) is 29.6 Å². The van der Waals surface area contributed by atoms with Crippen LogP contribution in [0.3, 0.4) is 0 Å². The topological polar surface area (TPSA) is 146 Å². The fourth-order valence-corrected chi connectivity index (χ4v) is 5.27. The van der Waals surface area contributed by atoms with Gasteiger partial charge >= 0.3 is 18.8 Å². The van der Waals surface area contributed by atoms with Crippen molar-refractivity contribution < 1.29 is 49.4 Å². The smallest absolute Gasteiger partial charge is 0.411 e. The number of aromatic nitrogens is 5. The summed E-state index contributed by atoms with van der Waals surface area (Å²) in [5.74, 6) is -3.18. The maximum absolute atomic E-state index is 15.4. The highest BCUT2D eigenvalue weighted by Gasteiger charge is 2.64. The average Bonchev–Trinajstić information content (AvgIpc) is 3.37. The SMILES string of the molecule is NC1=N[C@H](c2ccc(-c3cnn(C(F)F)c3)cc2)C(=O)N1C(COC(=O)NC1(C(F)(F)F)CC1)c1ccc(-n2ncnc2C(F)F)c(F)c1. The Labute approximate surface area is 270 Å². The van der Waals surface area contributed by atoms with Crippen LogP contribution in [0.15, 0.2) is 66.2 Å². The highest BCUT2D eigenvalue weighted by atomic mass is 19.4. The molecule has 2 aromatic carbocycles. The molecule has 20 heteroatoms. The standard InChI is InChI=1S/C29H23F8N9O3/c30-18-9-16(5-6-19(18)46-23(22(31)32)39-13-41-46)20(12-49-27(48)43-28(7-8-28)29(35,36)37)45-24(47)21(42-26(45)38)15-3-1-14(2-4-15)17-10-40-44(11-17)25(33)34/h1-6,9-11,13,20-22,25H,7-8,12H2,(H2,38,42)(H,43,48)/t20?,21-/m1/s1. The Morgan fingerprint density at radius 3 is 2.37 bits per heavy atom. The second-order valence-corrected chi connectivity index (χ2v) is 11.1. The zero-order chi connectivity index (χ0) is 35.2. The van der Waals surface area contributed by atoms with E-state index < -0.39 is 78.7 Å². The number of hydrogen-bond acceptors (Lipinski definition) is 8. The average molecular weight is 698 g/mol. The zero-order valence-corrected chi connectivity index (χ0v) is 24.7. The van der Waals surface area contributed by atoms with Crippen molar-refractivity contribution in [2.24, 2.45) is 10.7 Å². The van der Waals surface area contributed by atoms with Gasteiger partial charge in [0.2, 0.25) is 0 Å². The highest BCUT2D eigenvalue weighted by molar-refractivity contribution is 6.05. The molecule has 2 aromatic heterocycles. The van der Waals surface area contributed by atoms with Crippen LogP contribution in [0.5, 0.6) is 0 Å². The number of aliphatic imine (C=N–C) groups is 1. The second kappa shape index (κ2) is 12.5. The number of carbonyl (C=O) groups is 2. The molecule has 1 aliphatic heterocycles. The molecule has 3 N–H and O–H groups in total. The van der Waals surface area contributed by atoms with E-state index in [1.807, 2.05) is 0 Å². The van der Waals surface area contributed by atoms with E-state index in [0.29, 0.717) is 26.1 Å². The van der Waals surface area contributed by atoms with Gasteiger partial charge < -0.3 is 15.8 Å². The number of rotatable bonds is 10. The summed E-state index contributed by atoms with van der Waals surface area (Å²) in [5, 5.41) is 8.98. The summed E-state index contributed by atoms with van der Waals surface area (Å²) >= 11 is 0. The van der Waals surface area contributed by atoms with Crippen molar-refractivity contribution in [1.29, 1.82) is 0 Å². The molecular weight excluding hydrogens is 674 g/mol. The fraction of sp³-hybridized carbons (Fsp3) is 0.310. The van der Waals surface area contributed by atoms with E-state index in [-0.39, 0.29) is 18.4 Å². The van der Waals surface area contributed by atoms with Crippen molar-refractivity contribution >= 4 is 18.0 Å². The number of nitrogens with two attached hydrogens (primary N) is 1. The molecule has 0 radical (unpaired) electrons. The molecule has 6 rings (SSSR count). The maximum atomic E-state index is 15.4. The maximum Gasteiger partial charge on any atom is 0.411 e. The molecule has 2 amide bonds. The van der Waals surface area contributed by atoms with E-state index in [4.69, 9.17) is 10.5 Å². The Hall–Kier alpha value is -5.56. The third-order valence-corrected chi connectivity index (χ3v) is 8.01. The van der Waals surface area contributed by atoms with Gasteiger partial charge in [0.05, 0.1) is 12.2 Å². The molecule has 0 saturated heterocycles. The van der Waals surface area contributed by atoms with E-state index in [1.165, 1.54) is 36.5 Å². The van der Waals surface area contributed by atoms with Crippen LogP contribution in [-0.2, 0) is 9.53 Å². The quantitative estimate of drug-likeness (QED) is 0.212. The Morgan fingerprint density at radius 1 is 1.06 bits per heavy atom. The van der Waals surface area contributed by atoms with Crippen molar-refractivity contribution in [2.45, 2.75) is 49.6 Å². The number of amides is 2. The van der Waals surface area contributed by atoms with Gasteiger partial charge in [-0.1, -0.05) is 30.3 Å². The van der Waals surface area contributed by atoms with Gasteiger partial charge in [-0.25, -0.2) is 37.3 Å². The molecule has 1 fully saturated rings. The third-order valence-electron chi connectivity index (χ3n) is 8.01. The molecule has 0 spiro atoms. The molecule has 0 bridgehead atoms. The van der Waals surface area contributed by atoms with Gasteiger partial charge in [-0.15, -0.1) is 0 Å². The fourth-order valence-electron chi connectivity index (χ4n) is 5.27. The number of guanidine groups is 1. The van der Waals surface area contributed by atoms with E-state index in [9.17, 15) is 40.3 Å². The van der Waals surface area contributed by atoms with Gasteiger partial charge in [0.25, 0.3) is 12.3 Å². The van der Waals surface area contributed by atoms with Gasteiger partial charge in [0, 0.05) is 11.8 Å². The number of alkyl carbamates (subject to hydrolysis) is 1. The van der Waals surface area contributed by atoms with Gasteiger partial charge in [-0.05, 0) is 41.7 Å².